The molecule has 0 unspecified atom stereocenters. The molecule has 0 fully saturated rings. The van der Waals surface area contributed by atoms with Gasteiger partial charge in [0.25, 0.3) is 5.91 Å². The summed E-state index contributed by atoms with van der Waals surface area (Å²) in [5.41, 5.74) is 11.9. The Morgan fingerprint density at radius 2 is 2.11 bits per heavy atom. The van der Waals surface area contributed by atoms with Crippen LogP contribution in [0.1, 0.15) is 15.9 Å². The molecule has 0 aliphatic carbocycles. The van der Waals surface area contributed by atoms with Gasteiger partial charge in [0.2, 0.25) is 0 Å². The second kappa shape index (κ2) is 5.02. The zero-order chi connectivity index (χ0) is 14.0. The number of nitrogens with one attached hydrogen (secondary N) is 1. The number of hydrogen-bond donors (Lipinski definition) is 3. The maximum atomic E-state index is 11.5. The maximum Gasteiger partial charge on any atom is 0.317 e. The summed E-state index contributed by atoms with van der Waals surface area (Å²) in [6.45, 7) is 1.74. The summed E-state index contributed by atoms with van der Waals surface area (Å²) in [4.78, 5) is 31.1. The lowest BCUT2D eigenvalue weighted by Gasteiger charge is -2.00. The quantitative estimate of drug-likeness (QED) is 0.777. The number of nitrogens with zero attached hydrogens (tertiary/aromatic N) is 2. The molecule has 0 atom stereocenters. The van der Waals surface area contributed by atoms with Crippen molar-refractivity contribution in [3.8, 4) is 10.6 Å². The number of aromatic nitrogens is 2. The molecule has 0 aliphatic heterocycles. The number of amides is 3. The zero-order valence-corrected chi connectivity index (χ0v) is 10.8. The highest BCUT2D eigenvalue weighted by Gasteiger charge is 2.21. The van der Waals surface area contributed by atoms with Gasteiger partial charge in [-0.3, -0.25) is 10.1 Å². The van der Waals surface area contributed by atoms with Crippen molar-refractivity contribution in [2.45, 2.75) is 6.92 Å². The molecule has 2 heterocycles. The molecule has 2 rings (SSSR count). The molecule has 0 spiro atoms. The molecule has 0 saturated carbocycles. The first-order valence-corrected chi connectivity index (χ1v) is 6.08. The van der Waals surface area contributed by atoms with Crippen LogP contribution in [-0.2, 0) is 0 Å². The number of thiophene rings is 1. The molecule has 0 aliphatic rings. The molecule has 2 aromatic rings. The average molecular weight is 277 g/mol. The van der Waals surface area contributed by atoms with Crippen LogP contribution in [0.2, 0.25) is 0 Å². The molecule has 0 aromatic carbocycles. The number of urea groups is 1. The lowest BCUT2D eigenvalue weighted by Crippen LogP contribution is -2.21. The molecule has 3 amide bonds. The summed E-state index contributed by atoms with van der Waals surface area (Å²) >= 11 is 1.19. The van der Waals surface area contributed by atoms with E-state index in [0.29, 0.717) is 16.3 Å². The Kier molecular flexibility index (Phi) is 3.43. The van der Waals surface area contributed by atoms with E-state index in [9.17, 15) is 9.59 Å². The van der Waals surface area contributed by atoms with Gasteiger partial charge in [-0.05, 0) is 18.6 Å². The number of primary amides is 2. The Morgan fingerprint density at radius 3 is 2.63 bits per heavy atom. The van der Waals surface area contributed by atoms with E-state index in [-0.39, 0.29) is 5.56 Å². The third-order valence-corrected chi connectivity index (χ3v) is 3.67. The van der Waals surface area contributed by atoms with Gasteiger partial charge in [-0.1, -0.05) is 0 Å². The molecule has 7 nitrogen and oxygen atoms in total. The van der Waals surface area contributed by atoms with E-state index in [1.165, 1.54) is 17.7 Å². The standard InChI is InChI=1S/C11H11N5O2S/c1-5-7(9(12)17)10(16-11(13)18)19-8(5)6-2-3-14-4-15-6/h2-4H,1H3,(H2,12,17)(H3,13,16,18). The van der Waals surface area contributed by atoms with Crippen LogP contribution in [0.3, 0.4) is 0 Å². The van der Waals surface area contributed by atoms with Gasteiger partial charge in [0.15, 0.2) is 0 Å². The third kappa shape index (κ3) is 2.52. The summed E-state index contributed by atoms with van der Waals surface area (Å²) in [5, 5.41) is 2.72. The summed E-state index contributed by atoms with van der Waals surface area (Å²) in [7, 11) is 0. The van der Waals surface area contributed by atoms with Crippen molar-refractivity contribution in [1.29, 1.82) is 0 Å². The van der Waals surface area contributed by atoms with Gasteiger partial charge in [0, 0.05) is 6.20 Å². The van der Waals surface area contributed by atoms with Gasteiger partial charge in [-0.15, -0.1) is 11.3 Å². The summed E-state index contributed by atoms with van der Waals surface area (Å²) in [5.74, 6) is -0.627. The molecule has 0 bridgehead atoms. The summed E-state index contributed by atoms with van der Waals surface area (Å²) in [6.07, 6.45) is 2.99. The molecule has 5 N–H and O–H groups in total. The van der Waals surface area contributed by atoms with Gasteiger partial charge in [-0.2, -0.15) is 0 Å². The van der Waals surface area contributed by atoms with Crippen LogP contribution in [0.25, 0.3) is 10.6 Å². The van der Waals surface area contributed by atoms with E-state index in [4.69, 9.17) is 11.5 Å². The van der Waals surface area contributed by atoms with E-state index in [1.54, 1.807) is 19.2 Å². The van der Waals surface area contributed by atoms with Crippen molar-refractivity contribution in [2.75, 3.05) is 5.32 Å². The number of carbonyl (C=O) groups is 2. The normalized spacial score (nSPS) is 10.2. The number of hydrogen-bond acceptors (Lipinski definition) is 5. The topological polar surface area (TPSA) is 124 Å². The van der Waals surface area contributed by atoms with Crippen molar-refractivity contribution in [3.05, 3.63) is 29.7 Å². The molecule has 98 valence electrons. The minimum atomic E-state index is -0.752. The minimum Gasteiger partial charge on any atom is -0.365 e. The number of nitrogens with two attached hydrogens (primary N) is 2. The molecular formula is C11H11N5O2S. The van der Waals surface area contributed by atoms with Crippen LogP contribution in [0.5, 0.6) is 0 Å². The predicted molar refractivity (Wildman–Crippen MR) is 71.8 cm³/mol. The van der Waals surface area contributed by atoms with E-state index in [1.807, 2.05) is 0 Å². The lowest BCUT2D eigenvalue weighted by molar-refractivity contribution is 0.100. The van der Waals surface area contributed by atoms with Crippen molar-refractivity contribution < 1.29 is 9.59 Å². The van der Waals surface area contributed by atoms with Crippen molar-refractivity contribution in [2.24, 2.45) is 11.5 Å². The Balaban J connectivity index is 2.58. The summed E-state index contributed by atoms with van der Waals surface area (Å²) in [6, 6.07) is 0.954. The first-order chi connectivity index (χ1) is 9.00. The van der Waals surface area contributed by atoms with Gasteiger partial charge >= 0.3 is 6.03 Å². The van der Waals surface area contributed by atoms with E-state index >= 15 is 0 Å². The van der Waals surface area contributed by atoms with Gasteiger partial charge in [0.1, 0.15) is 11.3 Å². The van der Waals surface area contributed by atoms with Crippen molar-refractivity contribution >= 4 is 28.3 Å². The fourth-order valence-electron chi connectivity index (χ4n) is 1.68. The van der Waals surface area contributed by atoms with Gasteiger partial charge < -0.3 is 11.5 Å². The molecule has 0 saturated heterocycles. The fourth-order valence-corrected chi connectivity index (χ4v) is 2.87. The Bertz CT molecular complexity index is 638. The van der Waals surface area contributed by atoms with Crippen LogP contribution in [-0.4, -0.2) is 21.9 Å². The van der Waals surface area contributed by atoms with Crippen LogP contribution < -0.4 is 16.8 Å². The van der Waals surface area contributed by atoms with Crippen LogP contribution >= 0.6 is 11.3 Å². The van der Waals surface area contributed by atoms with Crippen molar-refractivity contribution in [1.82, 2.24) is 9.97 Å². The van der Waals surface area contributed by atoms with Gasteiger partial charge in [-0.25, -0.2) is 14.8 Å². The maximum absolute atomic E-state index is 11.5. The Hall–Kier alpha value is -2.48. The first-order valence-electron chi connectivity index (χ1n) is 5.26. The number of rotatable bonds is 3. The highest BCUT2D eigenvalue weighted by molar-refractivity contribution is 7.20. The van der Waals surface area contributed by atoms with E-state index < -0.39 is 11.9 Å². The van der Waals surface area contributed by atoms with Crippen LogP contribution in [0.15, 0.2) is 18.6 Å². The average Bonchev–Trinajstić information content (AvgIpc) is 2.66. The van der Waals surface area contributed by atoms with E-state index in [0.717, 1.165) is 4.88 Å². The van der Waals surface area contributed by atoms with Crippen molar-refractivity contribution in [3.63, 3.8) is 0 Å². The number of carbonyl (C=O) groups excluding carboxylic acids is 2. The minimum absolute atomic E-state index is 0.248. The van der Waals surface area contributed by atoms with Gasteiger partial charge in [0.05, 0.1) is 16.1 Å². The van der Waals surface area contributed by atoms with E-state index in [2.05, 4.69) is 15.3 Å². The first kappa shape index (κ1) is 13.0. The molecular weight excluding hydrogens is 266 g/mol. The fraction of sp³-hybridized carbons (Fsp3) is 0.0909. The molecule has 0 radical (unpaired) electrons. The molecule has 19 heavy (non-hydrogen) atoms. The smallest absolute Gasteiger partial charge is 0.317 e. The Labute approximate surface area is 112 Å². The second-order valence-electron chi connectivity index (χ2n) is 3.71. The largest absolute Gasteiger partial charge is 0.365 e. The highest BCUT2D eigenvalue weighted by atomic mass is 32.1. The van der Waals surface area contributed by atoms with Crippen LogP contribution in [0, 0.1) is 6.92 Å². The molecule has 8 heteroatoms. The summed E-state index contributed by atoms with van der Waals surface area (Å²) < 4.78 is 0. The Morgan fingerprint density at radius 1 is 1.37 bits per heavy atom. The predicted octanol–water partition coefficient (Wildman–Crippen LogP) is 1.10. The highest BCUT2D eigenvalue weighted by Crippen LogP contribution is 2.38. The lowest BCUT2D eigenvalue weighted by atomic mass is 10.1. The zero-order valence-electron chi connectivity index (χ0n) is 10.0. The second-order valence-corrected chi connectivity index (χ2v) is 4.73. The number of anilines is 1. The van der Waals surface area contributed by atoms with Crippen LogP contribution in [0.4, 0.5) is 9.80 Å². The third-order valence-electron chi connectivity index (χ3n) is 2.44. The molecule has 2 aromatic heterocycles. The SMILES string of the molecule is Cc1c(-c2ccncn2)sc(NC(N)=O)c1C(N)=O. The monoisotopic (exact) mass is 277 g/mol.